The fraction of sp³-hybridized carbons (Fsp3) is 0.250. The van der Waals surface area contributed by atoms with E-state index < -0.39 is 0 Å². The Morgan fingerprint density at radius 1 is 1.20 bits per heavy atom. The predicted octanol–water partition coefficient (Wildman–Crippen LogP) is 1.55. The van der Waals surface area contributed by atoms with Crippen molar-refractivity contribution < 1.29 is 4.79 Å². The molecule has 1 amide bonds. The molecule has 1 aromatic carbocycles. The summed E-state index contributed by atoms with van der Waals surface area (Å²) in [6.07, 6.45) is 2.02. The van der Waals surface area contributed by atoms with Gasteiger partial charge in [0, 0.05) is 25.4 Å². The van der Waals surface area contributed by atoms with Gasteiger partial charge < -0.3 is 9.88 Å². The zero-order valence-corrected chi connectivity index (χ0v) is 11.7. The summed E-state index contributed by atoms with van der Waals surface area (Å²) < 4.78 is 1.50. The van der Waals surface area contributed by atoms with Crippen LogP contribution in [0.4, 0.5) is 0 Å². The topological polar surface area (TPSA) is 51.1 Å². The van der Waals surface area contributed by atoms with Crippen LogP contribution < -0.4 is 10.9 Å². The number of rotatable bonds is 4. The van der Waals surface area contributed by atoms with Crippen molar-refractivity contribution in [2.45, 2.75) is 19.9 Å². The van der Waals surface area contributed by atoms with E-state index in [4.69, 9.17) is 0 Å². The molecule has 1 aromatic heterocycles. The second-order valence-electron chi connectivity index (χ2n) is 4.89. The maximum absolute atomic E-state index is 11.8. The number of hydrogen-bond acceptors (Lipinski definition) is 2. The van der Waals surface area contributed by atoms with Crippen LogP contribution in [0.5, 0.6) is 0 Å². The molecule has 2 aromatic rings. The first-order valence-corrected chi connectivity index (χ1v) is 6.53. The normalized spacial score (nSPS) is 10.3. The average molecular weight is 270 g/mol. The van der Waals surface area contributed by atoms with E-state index in [1.807, 2.05) is 31.2 Å². The van der Waals surface area contributed by atoms with Crippen LogP contribution in [0.15, 0.2) is 47.4 Å². The number of carbonyl (C=O) groups is 1. The number of nitrogens with one attached hydrogen (secondary N) is 1. The summed E-state index contributed by atoms with van der Waals surface area (Å²) in [5.41, 5.74) is 2.64. The Hall–Kier alpha value is -2.36. The number of aryl methyl sites for hydroxylation is 2. The van der Waals surface area contributed by atoms with Gasteiger partial charge in [0.1, 0.15) is 0 Å². The van der Waals surface area contributed by atoms with Crippen LogP contribution in [0.3, 0.4) is 0 Å². The number of aromatic nitrogens is 1. The van der Waals surface area contributed by atoms with Gasteiger partial charge in [-0.2, -0.15) is 0 Å². The summed E-state index contributed by atoms with van der Waals surface area (Å²) in [6, 6.07) is 11.4. The highest BCUT2D eigenvalue weighted by atomic mass is 16.1. The number of nitrogens with zero attached hydrogens (tertiary/aromatic N) is 1. The molecule has 4 nitrogen and oxygen atoms in total. The molecule has 0 atom stereocenters. The van der Waals surface area contributed by atoms with E-state index in [2.05, 4.69) is 5.32 Å². The SMILES string of the molecule is Cc1ccc(CC(=O)NCc2cccn(C)c2=O)cc1. The summed E-state index contributed by atoms with van der Waals surface area (Å²) in [5.74, 6) is -0.0836. The van der Waals surface area contributed by atoms with Crippen molar-refractivity contribution in [3.05, 3.63) is 69.6 Å². The molecule has 0 aliphatic carbocycles. The third kappa shape index (κ3) is 3.57. The molecule has 4 heteroatoms. The number of pyridine rings is 1. The lowest BCUT2D eigenvalue weighted by atomic mass is 10.1. The fourth-order valence-electron chi connectivity index (χ4n) is 1.94. The highest BCUT2D eigenvalue weighted by molar-refractivity contribution is 5.78. The number of hydrogen-bond donors (Lipinski definition) is 1. The smallest absolute Gasteiger partial charge is 0.255 e. The fourth-order valence-corrected chi connectivity index (χ4v) is 1.94. The first-order chi connectivity index (χ1) is 9.56. The number of amides is 1. The van der Waals surface area contributed by atoms with E-state index in [0.29, 0.717) is 12.0 Å². The van der Waals surface area contributed by atoms with Crippen LogP contribution in [0.2, 0.25) is 0 Å². The van der Waals surface area contributed by atoms with Crippen LogP contribution in [-0.4, -0.2) is 10.5 Å². The molecule has 20 heavy (non-hydrogen) atoms. The molecule has 0 fully saturated rings. The molecule has 0 aliphatic heterocycles. The maximum Gasteiger partial charge on any atom is 0.255 e. The molecule has 0 bridgehead atoms. The first-order valence-electron chi connectivity index (χ1n) is 6.53. The lowest BCUT2D eigenvalue weighted by molar-refractivity contribution is -0.120. The van der Waals surface area contributed by atoms with Gasteiger partial charge >= 0.3 is 0 Å². The van der Waals surface area contributed by atoms with E-state index in [-0.39, 0.29) is 18.0 Å². The minimum atomic E-state index is -0.0836. The lowest BCUT2D eigenvalue weighted by Gasteiger charge is -2.06. The highest BCUT2D eigenvalue weighted by Gasteiger charge is 2.05. The van der Waals surface area contributed by atoms with Gasteiger partial charge in [-0.05, 0) is 18.6 Å². The molecular weight excluding hydrogens is 252 g/mol. The van der Waals surface area contributed by atoms with Crippen LogP contribution in [0.1, 0.15) is 16.7 Å². The Balaban J connectivity index is 1.94. The standard InChI is InChI=1S/C16H18N2O2/c1-12-5-7-13(8-6-12)10-15(19)17-11-14-4-3-9-18(2)16(14)20/h3-9H,10-11H2,1-2H3,(H,17,19). The second kappa shape index (κ2) is 6.19. The Bertz CT molecular complexity index is 657. The van der Waals surface area contributed by atoms with Crippen molar-refractivity contribution in [3.8, 4) is 0 Å². The number of benzene rings is 1. The van der Waals surface area contributed by atoms with Gasteiger partial charge in [-0.1, -0.05) is 35.9 Å². The molecule has 2 rings (SSSR count). The van der Waals surface area contributed by atoms with Crippen molar-refractivity contribution >= 4 is 5.91 Å². The molecule has 0 unspecified atom stereocenters. The lowest BCUT2D eigenvalue weighted by Crippen LogP contribution is -2.29. The van der Waals surface area contributed by atoms with Crippen molar-refractivity contribution in [2.75, 3.05) is 0 Å². The van der Waals surface area contributed by atoms with Crippen LogP contribution in [-0.2, 0) is 24.8 Å². The Kier molecular flexibility index (Phi) is 4.35. The third-order valence-electron chi connectivity index (χ3n) is 3.16. The van der Waals surface area contributed by atoms with E-state index in [0.717, 1.165) is 5.56 Å². The van der Waals surface area contributed by atoms with Gasteiger partial charge in [0.2, 0.25) is 5.91 Å². The molecule has 1 heterocycles. The zero-order valence-electron chi connectivity index (χ0n) is 11.7. The van der Waals surface area contributed by atoms with E-state index in [9.17, 15) is 9.59 Å². The highest BCUT2D eigenvalue weighted by Crippen LogP contribution is 2.03. The van der Waals surface area contributed by atoms with Gasteiger partial charge in [0.05, 0.1) is 6.42 Å². The molecule has 0 radical (unpaired) electrons. The predicted molar refractivity (Wildman–Crippen MR) is 78.4 cm³/mol. The molecular formula is C16H18N2O2. The summed E-state index contributed by atoms with van der Waals surface area (Å²) in [6.45, 7) is 2.27. The molecule has 1 N–H and O–H groups in total. The van der Waals surface area contributed by atoms with Gasteiger partial charge in [-0.15, -0.1) is 0 Å². The average Bonchev–Trinajstić information content (AvgIpc) is 2.43. The van der Waals surface area contributed by atoms with Crippen LogP contribution >= 0.6 is 0 Å². The molecule has 104 valence electrons. The maximum atomic E-state index is 11.8. The molecule has 0 spiro atoms. The van der Waals surface area contributed by atoms with Crippen molar-refractivity contribution in [1.29, 1.82) is 0 Å². The minimum Gasteiger partial charge on any atom is -0.352 e. The van der Waals surface area contributed by atoms with Gasteiger partial charge in [0.25, 0.3) is 5.56 Å². The van der Waals surface area contributed by atoms with Gasteiger partial charge in [-0.3, -0.25) is 9.59 Å². The van der Waals surface area contributed by atoms with Crippen molar-refractivity contribution in [1.82, 2.24) is 9.88 Å². The monoisotopic (exact) mass is 270 g/mol. The van der Waals surface area contributed by atoms with Crippen LogP contribution in [0, 0.1) is 6.92 Å². The van der Waals surface area contributed by atoms with E-state index in [1.165, 1.54) is 10.1 Å². The van der Waals surface area contributed by atoms with Crippen LogP contribution in [0.25, 0.3) is 0 Å². The second-order valence-corrected chi connectivity index (χ2v) is 4.89. The summed E-state index contributed by atoms with van der Waals surface area (Å²) in [7, 11) is 1.69. The molecule has 0 aliphatic rings. The molecule has 0 saturated heterocycles. The van der Waals surface area contributed by atoms with E-state index >= 15 is 0 Å². The Morgan fingerprint density at radius 2 is 1.90 bits per heavy atom. The largest absolute Gasteiger partial charge is 0.352 e. The zero-order chi connectivity index (χ0) is 14.5. The summed E-state index contributed by atoms with van der Waals surface area (Å²) in [5, 5.41) is 2.78. The van der Waals surface area contributed by atoms with Crippen molar-refractivity contribution in [2.24, 2.45) is 7.05 Å². The quantitative estimate of drug-likeness (QED) is 0.916. The first kappa shape index (κ1) is 14.1. The number of carbonyl (C=O) groups excluding carboxylic acids is 1. The van der Waals surface area contributed by atoms with Crippen molar-refractivity contribution in [3.63, 3.8) is 0 Å². The van der Waals surface area contributed by atoms with Gasteiger partial charge in [0.15, 0.2) is 0 Å². The summed E-state index contributed by atoms with van der Waals surface area (Å²) in [4.78, 5) is 23.6. The Morgan fingerprint density at radius 3 is 2.60 bits per heavy atom. The Labute approximate surface area is 118 Å². The summed E-state index contributed by atoms with van der Waals surface area (Å²) >= 11 is 0. The molecule has 0 saturated carbocycles. The third-order valence-corrected chi connectivity index (χ3v) is 3.16. The van der Waals surface area contributed by atoms with E-state index in [1.54, 1.807) is 25.4 Å². The minimum absolute atomic E-state index is 0.0804. The van der Waals surface area contributed by atoms with Gasteiger partial charge in [-0.25, -0.2) is 0 Å².